The number of carbonyl (C=O) groups is 1. The molecule has 10 nitrogen and oxygen atoms in total. The molecule has 7 rings (SSSR count). The second kappa shape index (κ2) is 11.4. The van der Waals surface area contributed by atoms with Gasteiger partial charge < -0.3 is 19.0 Å². The lowest BCUT2D eigenvalue weighted by Gasteiger charge is -2.46. The predicted octanol–water partition coefficient (Wildman–Crippen LogP) is 3.10. The molecular weight excluding hydrogens is 544 g/mol. The number of pyridine rings is 2. The average molecular weight is 581 g/mol. The van der Waals surface area contributed by atoms with Gasteiger partial charge in [0, 0.05) is 89.3 Å². The van der Waals surface area contributed by atoms with Crippen molar-refractivity contribution >= 4 is 28.4 Å². The van der Waals surface area contributed by atoms with Gasteiger partial charge in [-0.15, -0.1) is 0 Å². The fourth-order valence-corrected chi connectivity index (χ4v) is 6.74. The summed E-state index contributed by atoms with van der Waals surface area (Å²) >= 11 is 0. The molecule has 10 heteroatoms. The summed E-state index contributed by atoms with van der Waals surface area (Å²) in [4.78, 5) is 45.6. The zero-order valence-corrected chi connectivity index (χ0v) is 24.4. The number of ether oxygens (including phenoxy) is 1. The Kier molecular flexibility index (Phi) is 7.32. The van der Waals surface area contributed by atoms with Crippen molar-refractivity contribution in [1.82, 2.24) is 19.8 Å². The number of ketones is 1. The Morgan fingerprint density at radius 2 is 1.35 bits per heavy atom. The maximum Gasteiger partial charge on any atom is 0.336 e. The SMILES string of the molecule is Cc1cc(=O)oc2c3c(ccc12)OCC(CN1CCN(c2ccccn2)CC1)(CN1CCN(c2ccccn2)CC1)C3=O. The highest BCUT2D eigenvalue weighted by Crippen LogP contribution is 2.40. The molecular formula is C33H36N6O4. The van der Waals surface area contributed by atoms with Crippen LogP contribution in [0.4, 0.5) is 11.6 Å². The number of aryl methyl sites for hydroxylation is 1. The number of nitrogens with zero attached hydrogens (tertiary/aromatic N) is 6. The monoisotopic (exact) mass is 580 g/mol. The number of carbonyl (C=O) groups excluding carboxylic acids is 1. The van der Waals surface area contributed by atoms with Crippen LogP contribution in [0.5, 0.6) is 5.75 Å². The summed E-state index contributed by atoms with van der Waals surface area (Å²) in [6.07, 6.45) is 3.65. The third-order valence-corrected chi connectivity index (χ3v) is 9.04. The van der Waals surface area contributed by atoms with Crippen LogP contribution in [0.25, 0.3) is 11.0 Å². The minimum atomic E-state index is -0.816. The lowest BCUT2D eigenvalue weighted by Crippen LogP contribution is -2.60. The van der Waals surface area contributed by atoms with Crippen LogP contribution in [0.1, 0.15) is 15.9 Å². The van der Waals surface area contributed by atoms with E-state index in [9.17, 15) is 9.59 Å². The van der Waals surface area contributed by atoms with Crippen LogP contribution in [0.2, 0.25) is 0 Å². The lowest BCUT2D eigenvalue weighted by atomic mass is 9.77. The number of aromatic nitrogens is 2. The number of piperazine rings is 2. The molecule has 0 unspecified atom stereocenters. The van der Waals surface area contributed by atoms with Crippen LogP contribution in [-0.2, 0) is 0 Å². The van der Waals surface area contributed by atoms with Crippen molar-refractivity contribution in [1.29, 1.82) is 0 Å². The molecule has 4 aromatic rings. The minimum Gasteiger partial charge on any atom is -0.492 e. The Morgan fingerprint density at radius 1 is 0.767 bits per heavy atom. The molecule has 2 saturated heterocycles. The second-order valence-corrected chi connectivity index (χ2v) is 11.9. The van der Waals surface area contributed by atoms with E-state index >= 15 is 0 Å². The van der Waals surface area contributed by atoms with Crippen LogP contribution in [0, 0.1) is 12.3 Å². The molecule has 0 radical (unpaired) electrons. The Balaban J connectivity index is 1.17. The Bertz CT molecular complexity index is 1600. The largest absolute Gasteiger partial charge is 0.492 e. The van der Waals surface area contributed by atoms with Crippen molar-refractivity contribution in [2.75, 3.05) is 81.9 Å². The Morgan fingerprint density at radius 3 is 1.88 bits per heavy atom. The molecule has 0 N–H and O–H groups in total. The Labute approximate surface area is 250 Å². The number of fused-ring (bicyclic) bond motifs is 3. The lowest BCUT2D eigenvalue weighted by molar-refractivity contribution is 0.0278. The number of hydrogen-bond acceptors (Lipinski definition) is 10. The number of benzene rings is 1. The smallest absolute Gasteiger partial charge is 0.336 e. The van der Waals surface area contributed by atoms with Crippen molar-refractivity contribution in [3.63, 3.8) is 0 Å². The van der Waals surface area contributed by atoms with Gasteiger partial charge in [-0.1, -0.05) is 12.1 Å². The zero-order valence-electron chi connectivity index (χ0n) is 24.4. The zero-order chi connectivity index (χ0) is 29.4. The van der Waals surface area contributed by atoms with Crippen molar-refractivity contribution in [3.8, 4) is 5.75 Å². The van der Waals surface area contributed by atoms with Crippen LogP contribution in [0.3, 0.4) is 0 Å². The summed E-state index contributed by atoms with van der Waals surface area (Å²) in [5.74, 6) is 2.44. The van der Waals surface area contributed by atoms with Crippen LogP contribution in [0.15, 0.2) is 76.2 Å². The summed E-state index contributed by atoms with van der Waals surface area (Å²) in [6, 6.07) is 17.1. The van der Waals surface area contributed by atoms with Crippen LogP contribution >= 0.6 is 0 Å². The first-order valence-corrected chi connectivity index (χ1v) is 15.0. The van der Waals surface area contributed by atoms with Crippen LogP contribution < -0.4 is 20.2 Å². The van der Waals surface area contributed by atoms with E-state index in [2.05, 4.69) is 29.6 Å². The van der Waals surface area contributed by atoms with E-state index in [1.165, 1.54) is 6.07 Å². The minimum absolute atomic E-state index is 0.00703. The summed E-state index contributed by atoms with van der Waals surface area (Å²) in [5.41, 5.74) is 0.234. The van der Waals surface area contributed by atoms with E-state index in [0.29, 0.717) is 30.0 Å². The van der Waals surface area contributed by atoms with E-state index in [1.807, 2.05) is 67.8 Å². The summed E-state index contributed by atoms with van der Waals surface area (Å²) in [7, 11) is 0. The highest BCUT2D eigenvalue weighted by molar-refractivity contribution is 6.12. The van der Waals surface area contributed by atoms with E-state index in [1.54, 1.807) is 0 Å². The standard InChI is InChI=1S/C33H36N6O4/c1-24-20-29(40)43-31-25(24)8-9-26-30(31)32(41)33(23-42-26,21-36-12-16-38(17-13-36)27-6-2-4-10-34-27)22-37-14-18-39(19-15-37)28-7-3-5-11-35-28/h2-11,20H,12-19,21-23H2,1H3. The third kappa shape index (κ3) is 5.36. The summed E-state index contributed by atoms with van der Waals surface area (Å²) < 4.78 is 12.1. The van der Waals surface area contributed by atoms with Crippen molar-refractivity contribution < 1.29 is 13.9 Å². The normalized spacial score (nSPS) is 19.3. The number of hydrogen-bond donors (Lipinski definition) is 0. The summed E-state index contributed by atoms with van der Waals surface area (Å²) in [5, 5.41) is 0.763. The van der Waals surface area contributed by atoms with Gasteiger partial charge in [-0.2, -0.15) is 0 Å². The number of rotatable bonds is 6. The molecule has 0 atom stereocenters. The fourth-order valence-electron chi connectivity index (χ4n) is 6.74. The first kappa shape index (κ1) is 27.5. The molecule has 0 amide bonds. The highest BCUT2D eigenvalue weighted by Gasteiger charge is 2.48. The molecule has 2 fully saturated rings. The molecule has 0 aliphatic carbocycles. The topological polar surface area (TPSA) is 95.2 Å². The van der Waals surface area contributed by atoms with E-state index in [0.717, 1.165) is 74.9 Å². The quantitative estimate of drug-likeness (QED) is 0.317. The van der Waals surface area contributed by atoms with Gasteiger partial charge in [-0.25, -0.2) is 14.8 Å². The molecule has 3 aromatic heterocycles. The first-order valence-electron chi connectivity index (χ1n) is 15.0. The van der Waals surface area contributed by atoms with Gasteiger partial charge in [0.25, 0.3) is 0 Å². The maximum atomic E-state index is 14.8. The molecule has 3 aliphatic heterocycles. The van der Waals surface area contributed by atoms with Gasteiger partial charge in [-0.3, -0.25) is 14.6 Å². The highest BCUT2D eigenvalue weighted by atomic mass is 16.5. The van der Waals surface area contributed by atoms with Crippen molar-refractivity contribution in [2.45, 2.75) is 6.92 Å². The van der Waals surface area contributed by atoms with E-state index < -0.39 is 11.0 Å². The molecule has 0 saturated carbocycles. The van der Waals surface area contributed by atoms with Gasteiger partial charge in [0.1, 0.15) is 29.6 Å². The molecule has 6 heterocycles. The molecule has 43 heavy (non-hydrogen) atoms. The molecule has 222 valence electrons. The molecule has 3 aliphatic rings. The molecule has 0 spiro atoms. The van der Waals surface area contributed by atoms with Crippen molar-refractivity contribution in [2.24, 2.45) is 5.41 Å². The van der Waals surface area contributed by atoms with Crippen LogP contribution in [-0.4, -0.2) is 97.6 Å². The Hall–Kier alpha value is -4.28. The van der Waals surface area contributed by atoms with E-state index in [4.69, 9.17) is 9.15 Å². The van der Waals surface area contributed by atoms with Gasteiger partial charge in [-0.05, 0) is 48.9 Å². The third-order valence-electron chi connectivity index (χ3n) is 9.04. The number of anilines is 2. The average Bonchev–Trinajstić information content (AvgIpc) is 3.04. The summed E-state index contributed by atoms with van der Waals surface area (Å²) in [6.45, 7) is 9.86. The molecule has 0 bridgehead atoms. The number of Topliss-reactive ketones (excluding diaryl/α,β-unsaturated/α-hetero) is 1. The fraction of sp³-hybridized carbons (Fsp3) is 0.394. The van der Waals surface area contributed by atoms with Gasteiger partial charge in [0.05, 0.1) is 5.41 Å². The first-order chi connectivity index (χ1) is 21.0. The maximum absolute atomic E-state index is 14.8. The van der Waals surface area contributed by atoms with E-state index in [-0.39, 0.29) is 12.4 Å². The van der Waals surface area contributed by atoms with Gasteiger partial charge >= 0.3 is 5.63 Å². The van der Waals surface area contributed by atoms with Gasteiger partial charge in [0.2, 0.25) is 0 Å². The second-order valence-electron chi connectivity index (χ2n) is 11.9. The predicted molar refractivity (Wildman–Crippen MR) is 165 cm³/mol. The molecule has 1 aromatic carbocycles. The van der Waals surface area contributed by atoms with Gasteiger partial charge in [0.15, 0.2) is 11.4 Å². The van der Waals surface area contributed by atoms with Crippen molar-refractivity contribution in [3.05, 3.63) is 88.5 Å².